The minimum atomic E-state index is -0.348. The van der Waals surface area contributed by atoms with E-state index in [1.165, 1.54) is 29.2 Å². The van der Waals surface area contributed by atoms with Gasteiger partial charge in [-0.15, -0.1) is 12.4 Å². The molecule has 0 bridgehead atoms. The molecule has 7 heteroatoms. The molecule has 2 saturated heterocycles. The molecule has 2 aliphatic heterocycles. The third kappa shape index (κ3) is 4.59. The zero-order valence-corrected chi connectivity index (χ0v) is 17.1. The van der Waals surface area contributed by atoms with Crippen molar-refractivity contribution in [3.63, 3.8) is 0 Å². The molecule has 0 N–H and O–H groups in total. The summed E-state index contributed by atoms with van der Waals surface area (Å²) in [6, 6.07) is 5.64. The van der Waals surface area contributed by atoms with E-state index >= 15 is 0 Å². The smallest absolute Gasteiger partial charge is 0.233 e. The number of hydrogen-bond acceptors (Lipinski definition) is 4. The van der Waals surface area contributed by atoms with Crippen molar-refractivity contribution in [2.75, 3.05) is 26.2 Å². The van der Waals surface area contributed by atoms with E-state index < -0.39 is 0 Å². The number of fused-ring (bicyclic) bond motifs is 1. The van der Waals surface area contributed by atoms with Crippen molar-refractivity contribution in [2.45, 2.75) is 25.7 Å². The van der Waals surface area contributed by atoms with Crippen LogP contribution in [-0.2, 0) is 9.59 Å². The minimum absolute atomic E-state index is 0. The molecule has 156 valence electrons. The van der Waals surface area contributed by atoms with Gasteiger partial charge in [-0.3, -0.25) is 24.2 Å². The predicted molar refractivity (Wildman–Crippen MR) is 109 cm³/mol. The van der Waals surface area contributed by atoms with Gasteiger partial charge in [0.25, 0.3) is 0 Å². The molecule has 1 aromatic carbocycles. The number of likely N-dealkylation sites (tertiary alicyclic amines) is 2. The highest BCUT2D eigenvalue weighted by atomic mass is 35.5. The highest BCUT2D eigenvalue weighted by Crippen LogP contribution is 2.36. The standard InChI is InChI=1S/C22H25FN2O3.ClH/c23-17-7-5-16(6-8-17)20(26)14-24-11-9-15(10-12-24)13-25-21(27)18-3-1-2-4-19(18)22(25)28;/h1-2,5-8,15,18-19H,3-4,9-14H2;1H. The maximum Gasteiger partial charge on any atom is 0.233 e. The molecule has 2 heterocycles. The Hall–Kier alpha value is -2.05. The average Bonchev–Trinajstić information content (AvgIpc) is 2.95. The van der Waals surface area contributed by atoms with Crippen molar-refractivity contribution >= 4 is 30.0 Å². The molecule has 0 spiro atoms. The molecule has 2 amide bonds. The number of hydrogen-bond donors (Lipinski definition) is 0. The van der Waals surface area contributed by atoms with Crippen LogP contribution < -0.4 is 0 Å². The van der Waals surface area contributed by atoms with E-state index in [0.29, 0.717) is 31.5 Å². The lowest BCUT2D eigenvalue weighted by molar-refractivity contribution is -0.140. The van der Waals surface area contributed by atoms with Gasteiger partial charge in [0.1, 0.15) is 5.82 Å². The van der Waals surface area contributed by atoms with E-state index in [2.05, 4.69) is 4.90 Å². The number of carbonyl (C=O) groups is 3. The number of rotatable bonds is 5. The molecule has 0 saturated carbocycles. The van der Waals surface area contributed by atoms with Gasteiger partial charge in [0.15, 0.2) is 5.78 Å². The number of allylic oxidation sites excluding steroid dienone is 2. The van der Waals surface area contributed by atoms with Crippen LogP contribution in [0.1, 0.15) is 36.0 Å². The highest BCUT2D eigenvalue weighted by molar-refractivity contribution is 6.05. The van der Waals surface area contributed by atoms with Gasteiger partial charge in [-0.2, -0.15) is 0 Å². The van der Waals surface area contributed by atoms with Crippen molar-refractivity contribution in [1.29, 1.82) is 0 Å². The van der Waals surface area contributed by atoms with E-state index in [1.54, 1.807) is 0 Å². The number of halogens is 2. The number of benzene rings is 1. The summed E-state index contributed by atoms with van der Waals surface area (Å²) in [6.45, 7) is 2.35. The third-order valence-electron chi connectivity index (χ3n) is 6.28. The van der Waals surface area contributed by atoms with Crippen LogP contribution in [0.5, 0.6) is 0 Å². The zero-order valence-electron chi connectivity index (χ0n) is 16.3. The largest absolute Gasteiger partial charge is 0.296 e. The van der Waals surface area contributed by atoms with Crippen molar-refractivity contribution in [1.82, 2.24) is 9.80 Å². The van der Waals surface area contributed by atoms with Crippen LogP contribution in [0.4, 0.5) is 4.39 Å². The Kier molecular flexibility index (Phi) is 6.85. The number of Topliss-reactive ketones (excluding diaryl/α,β-unsaturated/α-hetero) is 1. The van der Waals surface area contributed by atoms with Crippen molar-refractivity contribution in [2.24, 2.45) is 17.8 Å². The van der Waals surface area contributed by atoms with E-state index in [9.17, 15) is 18.8 Å². The quantitative estimate of drug-likeness (QED) is 0.417. The lowest BCUT2D eigenvalue weighted by Crippen LogP contribution is -2.42. The highest BCUT2D eigenvalue weighted by Gasteiger charge is 2.47. The van der Waals surface area contributed by atoms with E-state index in [1.807, 2.05) is 12.2 Å². The van der Waals surface area contributed by atoms with Gasteiger partial charge in [0, 0.05) is 12.1 Å². The monoisotopic (exact) mass is 420 g/mol. The van der Waals surface area contributed by atoms with Gasteiger partial charge >= 0.3 is 0 Å². The molecule has 1 aromatic rings. The molecule has 2 fully saturated rings. The van der Waals surface area contributed by atoms with Gasteiger partial charge in [-0.25, -0.2) is 4.39 Å². The van der Waals surface area contributed by atoms with Crippen LogP contribution in [0, 0.1) is 23.6 Å². The van der Waals surface area contributed by atoms with Gasteiger partial charge in [0.2, 0.25) is 11.8 Å². The summed E-state index contributed by atoms with van der Waals surface area (Å²) >= 11 is 0. The molecule has 2 atom stereocenters. The lowest BCUT2D eigenvalue weighted by Gasteiger charge is -2.33. The number of amides is 2. The summed E-state index contributed by atoms with van der Waals surface area (Å²) in [5.41, 5.74) is 0.521. The van der Waals surface area contributed by atoms with Gasteiger partial charge in [-0.1, -0.05) is 12.2 Å². The Morgan fingerprint density at radius 1 is 0.966 bits per heavy atom. The Labute approximate surface area is 176 Å². The first-order chi connectivity index (χ1) is 13.5. The Balaban J connectivity index is 0.00000240. The summed E-state index contributed by atoms with van der Waals surface area (Å²) in [4.78, 5) is 41.1. The second-order valence-electron chi connectivity index (χ2n) is 8.09. The van der Waals surface area contributed by atoms with Crippen molar-refractivity contribution < 1.29 is 18.8 Å². The molecule has 29 heavy (non-hydrogen) atoms. The number of ketones is 1. The summed E-state index contributed by atoms with van der Waals surface area (Å²) < 4.78 is 13.0. The van der Waals surface area contributed by atoms with Crippen LogP contribution >= 0.6 is 12.4 Å². The van der Waals surface area contributed by atoms with E-state index in [0.717, 1.165) is 25.9 Å². The first-order valence-electron chi connectivity index (χ1n) is 10.0. The predicted octanol–water partition coefficient (Wildman–Crippen LogP) is 3.09. The topological polar surface area (TPSA) is 57.7 Å². The first-order valence-corrected chi connectivity index (χ1v) is 10.0. The third-order valence-corrected chi connectivity index (χ3v) is 6.28. The Morgan fingerprint density at radius 2 is 1.52 bits per heavy atom. The fourth-order valence-electron chi connectivity index (χ4n) is 4.56. The van der Waals surface area contributed by atoms with E-state index in [-0.39, 0.29) is 53.6 Å². The number of carbonyl (C=O) groups excluding carboxylic acids is 3. The number of imide groups is 1. The number of piperidine rings is 1. The molecule has 4 rings (SSSR count). The molecule has 0 radical (unpaired) electrons. The SMILES string of the molecule is Cl.O=C(CN1CCC(CN2C(=O)C3CC=CCC3C2=O)CC1)c1ccc(F)cc1. The van der Waals surface area contributed by atoms with E-state index in [4.69, 9.17) is 0 Å². The maximum absolute atomic E-state index is 13.0. The van der Waals surface area contributed by atoms with Crippen LogP contribution in [0.3, 0.4) is 0 Å². The van der Waals surface area contributed by atoms with Crippen molar-refractivity contribution in [3.05, 3.63) is 47.8 Å². The van der Waals surface area contributed by atoms with Crippen molar-refractivity contribution in [3.8, 4) is 0 Å². The lowest BCUT2D eigenvalue weighted by atomic mass is 9.85. The normalized spacial score (nSPS) is 25.1. The molecule has 1 aliphatic carbocycles. The summed E-state index contributed by atoms with van der Waals surface area (Å²) in [5.74, 6) is -0.407. The Bertz CT molecular complexity index is 777. The van der Waals surface area contributed by atoms with Crippen LogP contribution in [0.2, 0.25) is 0 Å². The van der Waals surface area contributed by atoms with Gasteiger partial charge in [-0.05, 0) is 69.0 Å². The molecule has 0 aromatic heterocycles. The zero-order chi connectivity index (χ0) is 19.7. The molecular formula is C22H26ClFN2O3. The van der Waals surface area contributed by atoms with Crippen LogP contribution in [0.25, 0.3) is 0 Å². The summed E-state index contributed by atoms with van der Waals surface area (Å²) in [6.07, 6.45) is 7.09. The average molecular weight is 421 g/mol. The second-order valence-corrected chi connectivity index (χ2v) is 8.09. The molecule has 3 aliphatic rings. The first kappa shape index (κ1) is 21.7. The fraction of sp³-hybridized carbons (Fsp3) is 0.500. The molecule has 5 nitrogen and oxygen atoms in total. The van der Waals surface area contributed by atoms with Gasteiger partial charge < -0.3 is 0 Å². The van der Waals surface area contributed by atoms with Crippen LogP contribution in [-0.4, -0.2) is 53.6 Å². The number of nitrogens with zero attached hydrogens (tertiary/aromatic N) is 2. The molecular weight excluding hydrogens is 395 g/mol. The van der Waals surface area contributed by atoms with Gasteiger partial charge in [0.05, 0.1) is 18.4 Å². The second kappa shape index (κ2) is 9.18. The Morgan fingerprint density at radius 3 is 2.07 bits per heavy atom. The fourth-order valence-corrected chi connectivity index (χ4v) is 4.56. The molecule has 2 unspecified atom stereocenters. The maximum atomic E-state index is 13.0. The minimum Gasteiger partial charge on any atom is -0.296 e. The summed E-state index contributed by atoms with van der Waals surface area (Å²) in [5, 5.41) is 0. The van der Waals surface area contributed by atoms with Crippen LogP contribution in [0.15, 0.2) is 36.4 Å². The summed E-state index contributed by atoms with van der Waals surface area (Å²) in [7, 11) is 0.